The van der Waals surface area contributed by atoms with Crippen molar-refractivity contribution in [3.63, 3.8) is 0 Å². The molecule has 0 fully saturated rings. The topological polar surface area (TPSA) is 51.2 Å². The minimum atomic E-state index is -0.136. The Labute approximate surface area is 134 Å². The number of rotatable bonds is 4. The number of carbonyl (C=O) groups excluding carboxylic acids is 1. The summed E-state index contributed by atoms with van der Waals surface area (Å²) in [5.74, 6) is 1.26. The maximum absolute atomic E-state index is 12.6. The van der Waals surface area contributed by atoms with E-state index in [-0.39, 0.29) is 11.9 Å². The molecule has 2 aromatic rings. The first-order valence-electron chi connectivity index (χ1n) is 7.40. The molecule has 5 heteroatoms. The van der Waals surface area contributed by atoms with Gasteiger partial charge < -0.3 is 10.1 Å². The number of amides is 1. The summed E-state index contributed by atoms with van der Waals surface area (Å²) in [7, 11) is 0. The van der Waals surface area contributed by atoms with E-state index in [9.17, 15) is 4.79 Å². The van der Waals surface area contributed by atoms with Crippen LogP contribution in [0, 0.1) is 0 Å². The summed E-state index contributed by atoms with van der Waals surface area (Å²) in [5, 5.41) is 3.12. The van der Waals surface area contributed by atoms with Crippen LogP contribution in [0.2, 0.25) is 0 Å². The van der Waals surface area contributed by atoms with Crippen LogP contribution >= 0.6 is 11.8 Å². The lowest BCUT2D eigenvalue weighted by Crippen LogP contribution is -2.31. The summed E-state index contributed by atoms with van der Waals surface area (Å²) in [6.45, 7) is 2.37. The van der Waals surface area contributed by atoms with Crippen molar-refractivity contribution in [3.8, 4) is 5.88 Å². The maximum Gasteiger partial charge on any atom is 0.257 e. The normalized spacial score (nSPS) is 16.7. The van der Waals surface area contributed by atoms with Gasteiger partial charge >= 0.3 is 0 Å². The highest BCUT2D eigenvalue weighted by molar-refractivity contribution is 7.99. The molecule has 0 saturated heterocycles. The van der Waals surface area contributed by atoms with Crippen molar-refractivity contribution >= 4 is 17.7 Å². The first-order valence-corrected chi connectivity index (χ1v) is 8.38. The zero-order valence-corrected chi connectivity index (χ0v) is 13.2. The van der Waals surface area contributed by atoms with Gasteiger partial charge in [-0.25, -0.2) is 4.98 Å². The lowest BCUT2D eigenvalue weighted by molar-refractivity contribution is 0.0930. The van der Waals surface area contributed by atoms with Gasteiger partial charge in [0.25, 0.3) is 5.91 Å². The van der Waals surface area contributed by atoms with Crippen LogP contribution in [-0.4, -0.2) is 23.3 Å². The van der Waals surface area contributed by atoms with Crippen molar-refractivity contribution in [3.05, 3.63) is 53.7 Å². The molecule has 0 bridgehead atoms. The Bertz CT molecular complexity index is 675. The minimum absolute atomic E-state index is 0.0413. The second-order valence-corrected chi connectivity index (χ2v) is 6.13. The second kappa shape index (κ2) is 6.83. The molecule has 1 aliphatic rings. The van der Waals surface area contributed by atoms with Crippen molar-refractivity contribution in [1.82, 2.24) is 10.3 Å². The molecule has 1 amide bonds. The fraction of sp³-hybridized carbons (Fsp3) is 0.294. The summed E-state index contributed by atoms with van der Waals surface area (Å²) in [4.78, 5) is 18.0. The van der Waals surface area contributed by atoms with Crippen LogP contribution in [0.25, 0.3) is 0 Å². The van der Waals surface area contributed by atoms with Gasteiger partial charge in [-0.1, -0.05) is 18.2 Å². The van der Waals surface area contributed by atoms with Crippen LogP contribution in [0.1, 0.15) is 35.3 Å². The molecule has 114 valence electrons. The quantitative estimate of drug-likeness (QED) is 0.939. The molecule has 0 radical (unpaired) electrons. The van der Waals surface area contributed by atoms with Gasteiger partial charge in [-0.3, -0.25) is 4.79 Å². The molecule has 1 N–H and O–H groups in total. The molecule has 1 atom stereocenters. The molecule has 0 saturated carbocycles. The maximum atomic E-state index is 12.6. The Morgan fingerprint density at radius 3 is 3.09 bits per heavy atom. The van der Waals surface area contributed by atoms with Crippen molar-refractivity contribution < 1.29 is 9.53 Å². The van der Waals surface area contributed by atoms with E-state index in [2.05, 4.69) is 22.4 Å². The fourth-order valence-electron chi connectivity index (χ4n) is 2.54. The Kier molecular flexibility index (Phi) is 4.63. The van der Waals surface area contributed by atoms with E-state index in [4.69, 9.17) is 4.74 Å². The number of ether oxygens (including phenoxy) is 1. The molecule has 1 aromatic heterocycles. The molecule has 3 rings (SSSR count). The third kappa shape index (κ3) is 3.09. The number of benzene rings is 1. The average Bonchev–Trinajstić information content (AvgIpc) is 2.56. The number of thioether (sulfide) groups is 1. The minimum Gasteiger partial charge on any atom is -0.477 e. The first-order chi connectivity index (χ1) is 10.8. The van der Waals surface area contributed by atoms with Gasteiger partial charge in [0.1, 0.15) is 5.56 Å². The van der Waals surface area contributed by atoms with Gasteiger partial charge in [0.15, 0.2) is 0 Å². The van der Waals surface area contributed by atoms with Crippen molar-refractivity contribution in [2.45, 2.75) is 24.3 Å². The molecule has 0 unspecified atom stereocenters. The molecule has 4 nitrogen and oxygen atoms in total. The largest absolute Gasteiger partial charge is 0.477 e. The molecule has 1 aromatic carbocycles. The number of nitrogens with one attached hydrogen (secondary N) is 1. The molecular weight excluding hydrogens is 296 g/mol. The van der Waals surface area contributed by atoms with Crippen LogP contribution in [-0.2, 0) is 0 Å². The van der Waals surface area contributed by atoms with Gasteiger partial charge in [-0.05, 0) is 37.1 Å². The number of hydrogen-bond acceptors (Lipinski definition) is 4. The summed E-state index contributed by atoms with van der Waals surface area (Å²) in [5.41, 5.74) is 1.68. The van der Waals surface area contributed by atoms with Gasteiger partial charge in [0, 0.05) is 16.8 Å². The van der Waals surface area contributed by atoms with Gasteiger partial charge in [-0.2, -0.15) is 0 Å². The third-order valence-electron chi connectivity index (χ3n) is 3.56. The number of pyridine rings is 1. The van der Waals surface area contributed by atoms with E-state index < -0.39 is 0 Å². The number of hydrogen-bond donors (Lipinski definition) is 1. The lowest BCUT2D eigenvalue weighted by atomic mass is 10.0. The highest BCUT2D eigenvalue weighted by Gasteiger charge is 2.23. The monoisotopic (exact) mass is 314 g/mol. The number of carbonyl (C=O) groups is 1. The van der Waals surface area contributed by atoms with E-state index in [1.807, 2.05) is 30.8 Å². The molecule has 2 heterocycles. The van der Waals surface area contributed by atoms with Crippen molar-refractivity contribution in [2.75, 3.05) is 12.4 Å². The number of fused-ring (bicyclic) bond motifs is 1. The smallest absolute Gasteiger partial charge is 0.257 e. The van der Waals surface area contributed by atoms with Gasteiger partial charge in [0.2, 0.25) is 5.88 Å². The van der Waals surface area contributed by atoms with Crippen molar-refractivity contribution in [2.24, 2.45) is 0 Å². The Hall–Kier alpha value is -2.01. The van der Waals surface area contributed by atoms with Crippen molar-refractivity contribution in [1.29, 1.82) is 0 Å². The van der Waals surface area contributed by atoms with E-state index >= 15 is 0 Å². The summed E-state index contributed by atoms with van der Waals surface area (Å²) < 4.78 is 5.44. The van der Waals surface area contributed by atoms with Crippen LogP contribution in [0.3, 0.4) is 0 Å². The van der Waals surface area contributed by atoms with Gasteiger partial charge in [0.05, 0.1) is 12.6 Å². The summed E-state index contributed by atoms with van der Waals surface area (Å²) in [6, 6.07) is 11.8. The van der Waals surface area contributed by atoms with Crippen LogP contribution < -0.4 is 10.1 Å². The SMILES string of the molecule is CCOc1ncccc1C(=O)N[C@@H]1CCSc2ccccc21. The number of aromatic nitrogens is 1. The van der Waals surface area contributed by atoms with E-state index in [1.165, 1.54) is 10.5 Å². The highest BCUT2D eigenvalue weighted by Crippen LogP contribution is 2.36. The molecular formula is C17H18N2O2S. The van der Waals surface area contributed by atoms with E-state index in [1.54, 1.807) is 18.3 Å². The Morgan fingerprint density at radius 1 is 1.36 bits per heavy atom. The first kappa shape index (κ1) is 14.9. The van der Waals surface area contributed by atoms with Gasteiger partial charge in [-0.15, -0.1) is 11.8 Å². The van der Waals surface area contributed by atoms with E-state index in [0.717, 1.165) is 12.2 Å². The number of nitrogens with zero attached hydrogens (tertiary/aromatic N) is 1. The zero-order valence-electron chi connectivity index (χ0n) is 12.4. The molecule has 0 aliphatic carbocycles. The van der Waals surface area contributed by atoms with Crippen LogP contribution in [0.5, 0.6) is 5.88 Å². The zero-order chi connectivity index (χ0) is 15.4. The summed E-state index contributed by atoms with van der Waals surface area (Å²) in [6.07, 6.45) is 2.56. The van der Waals surface area contributed by atoms with Crippen LogP contribution in [0.15, 0.2) is 47.5 Å². The van der Waals surface area contributed by atoms with E-state index in [0.29, 0.717) is 18.1 Å². The summed E-state index contributed by atoms with van der Waals surface area (Å²) >= 11 is 1.84. The predicted octanol–water partition coefficient (Wildman–Crippen LogP) is 3.45. The highest BCUT2D eigenvalue weighted by atomic mass is 32.2. The molecule has 0 spiro atoms. The molecule has 1 aliphatic heterocycles. The fourth-order valence-corrected chi connectivity index (χ4v) is 3.67. The predicted molar refractivity (Wildman–Crippen MR) is 87.4 cm³/mol. The Balaban J connectivity index is 1.81. The Morgan fingerprint density at radius 2 is 2.23 bits per heavy atom. The average molecular weight is 314 g/mol. The lowest BCUT2D eigenvalue weighted by Gasteiger charge is -2.26. The molecule has 22 heavy (non-hydrogen) atoms. The second-order valence-electron chi connectivity index (χ2n) is 4.99. The van der Waals surface area contributed by atoms with Crippen LogP contribution in [0.4, 0.5) is 0 Å². The standard InChI is InChI=1S/C17H18N2O2S/c1-2-21-17-13(7-5-10-18-17)16(20)19-14-9-11-22-15-8-4-3-6-12(14)15/h3-8,10,14H,2,9,11H2,1H3,(H,19,20)/t14-/m1/s1. The third-order valence-corrected chi connectivity index (χ3v) is 4.68.